The molecule has 1 heterocycles. The number of aliphatic hydroxyl groups excluding tert-OH is 1. The molecule has 1 aliphatic heterocycles. The number of hydrogen-bond acceptors (Lipinski definition) is 3. The molecular weight excluding hydrogens is 110 g/mol. The van der Waals surface area contributed by atoms with Gasteiger partial charge in [-0.05, 0) is 18.9 Å². The predicted molar refractivity (Wildman–Crippen MR) is 30.9 cm³/mol. The minimum absolute atomic E-state index is 0.144. The first kappa shape index (κ1) is 5.00. The molecule has 0 spiro atoms. The molecule has 0 aromatic heterocycles. The fourth-order valence-electron chi connectivity index (χ4n) is 0.359. The van der Waals surface area contributed by atoms with Gasteiger partial charge in [-0.2, -0.15) is 0 Å². The summed E-state index contributed by atoms with van der Waals surface area (Å²) in [5.41, 5.74) is 0. The molecule has 0 bridgehead atoms. The van der Waals surface area contributed by atoms with Gasteiger partial charge < -0.3 is 5.11 Å². The van der Waals surface area contributed by atoms with Crippen LogP contribution in [0, 0.1) is 0 Å². The summed E-state index contributed by atoms with van der Waals surface area (Å²) in [6, 6.07) is 0.144. The maximum absolute atomic E-state index is 8.78. The zero-order chi connectivity index (χ0) is 5.28. The molecule has 1 aliphatic rings. The Labute approximate surface area is 46.7 Å². The Bertz CT molecular complexity index is 102. The van der Waals surface area contributed by atoms with Gasteiger partial charge in [0.1, 0.15) is 5.76 Å². The highest BCUT2D eigenvalue weighted by atomic mass is 32.2. The van der Waals surface area contributed by atoms with Crippen molar-refractivity contribution in [2.24, 2.45) is 0 Å². The highest BCUT2D eigenvalue weighted by Crippen LogP contribution is 2.14. The van der Waals surface area contributed by atoms with Gasteiger partial charge >= 0.3 is 0 Å². The molecule has 2 N–H and O–H groups in total. The smallest absolute Gasteiger partial charge is 0.117 e. The van der Waals surface area contributed by atoms with Gasteiger partial charge in [0.2, 0.25) is 0 Å². The van der Waals surface area contributed by atoms with Crippen molar-refractivity contribution in [1.29, 1.82) is 0 Å². The first-order valence-corrected chi connectivity index (χ1v) is 2.99. The molecule has 0 aliphatic carbocycles. The SMILES string of the molecule is CC1NSC=C1O. The lowest BCUT2D eigenvalue weighted by Gasteiger charge is -1.98. The molecule has 3 heteroatoms. The standard InChI is InChI=1S/C4H7NOS/c1-3-4(6)2-7-5-3/h2-3,5-6H,1H3. The van der Waals surface area contributed by atoms with Crippen molar-refractivity contribution in [2.75, 3.05) is 0 Å². The number of hydrogen-bond donors (Lipinski definition) is 2. The molecule has 0 fully saturated rings. The van der Waals surface area contributed by atoms with Crippen molar-refractivity contribution in [3.05, 3.63) is 11.2 Å². The molecule has 0 saturated heterocycles. The molecular formula is C4H7NOS. The third-order valence-electron chi connectivity index (χ3n) is 0.868. The third-order valence-corrected chi connectivity index (χ3v) is 1.72. The molecule has 1 unspecified atom stereocenters. The summed E-state index contributed by atoms with van der Waals surface area (Å²) >= 11 is 1.43. The Morgan fingerprint density at radius 2 is 2.71 bits per heavy atom. The van der Waals surface area contributed by atoms with Crippen LogP contribution in [0.15, 0.2) is 11.2 Å². The van der Waals surface area contributed by atoms with E-state index in [0.29, 0.717) is 5.76 Å². The van der Waals surface area contributed by atoms with E-state index in [1.165, 1.54) is 11.9 Å². The zero-order valence-electron chi connectivity index (χ0n) is 4.01. The summed E-state index contributed by atoms with van der Waals surface area (Å²) in [5, 5.41) is 10.5. The molecule has 0 saturated carbocycles. The summed E-state index contributed by atoms with van der Waals surface area (Å²) in [6.45, 7) is 1.91. The van der Waals surface area contributed by atoms with Crippen LogP contribution in [-0.2, 0) is 0 Å². The van der Waals surface area contributed by atoms with Crippen molar-refractivity contribution >= 4 is 11.9 Å². The van der Waals surface area contributed by atoms with E-state index in [9.17, 15) is 0 Å². The number of aliphatic hydroxyl groups is 1. The summed E-state index contributed by atoms with van der Waals surface area (Å²) in [6.07, 6.45) is 0. The second-order valence-electron chi connectivity index (χ2n) is 1.50. The van der Waals surface area contributed by atoms with E-state index in [-0.39, 0.29) is 6.04 Å². The summed E-state index contributed by atoms with van der Waals surface area (Å²) in [4.78, 5) is 0. The third kappa shape index (κ3) is 0.894. The highest BCUT2D eigenvalue weighted by Gasteiger charge is 2.10. The average Bonchev–Trinajstić information content (AvgIpc) is 1.91. The Balaban J connectivity index is 2.54. The van der Waals surface area contributed by atoms with Gasteiger partial charge in [0.15, 0.2) is 0 Å². The van der Waals surface area contributed by atoms with Crippen LogP contribution in [-0.4, -0.2) is 11.1 Å². The Kier molecular flexibility index (Phi) is 1.25. The number of nitrogens with one attached hydrogen (secondary N) is 1. The van der Waals surface area contributed by atoms with Gasteiger partial charge in [-0.25, -0.2) is 4.72 Å². The van der Waals surface area contributed by atoms with Crippen LogP contribution in [0.25, 0.3) is 0 Å². The topological polar surface area (TPSA) is 32.3 Å². The molecule has 0 radical (unpaired) electrons. The van der Waals surface area contributed by atoms with Gasteiger partial charge in [-0.3, -0.25) is 0 Å². The van der Waals surface area contributed by atoms with E-state index < -0.39 is 0 Å². The van der Waals surface area contributed by atoms with E-state index in [1.54, 1.807) is 5.41 Å². The summed E-state index contributed by atoms with van der Waals surface area (Å²) in [7, 11) is 0. The largest absolute Gasteiger partial charge is 0.510 e. The average molecular weight is 117 g/mol. The Morgan fingerprint density at radius 3 is 2.86 bits per heavy atom. The van der Waals surface area contributed by atoms with Crippen molar-refractivity contribution in [3.63, 3.8) is 0 Å². The molecule has 1 rings (SSSR count). The maximum Gasteiger partial charge on any atom is 0.117 e. The maximum atomic E-state index is 8.78. The second-order valence-corrected chi connectivity index (χ2v) is 2.21. The zero-order valence-corrected chi connectivity index (χ0v) is 4.83. The minimum atomic E-state index is 0.144. The van der Waals surface area contributed by atoms with Crippen molar-refractivity contribution in [3.8, 4) is 0 Å². The molecule has 1 atom stereocenters. The number of rotatable bonds is 0. The molecule has 2 nitrogen and oxygen atoms in total. The van der Waals surface area contributed by atoms with E-state index in [0.717, 1.165) is 0 Å². The fourth-order valence-corrected chi connectivity index (χ4v) is 1.08. The van der Waals surface area contributed by atoms with E-state index >= 15 is 0 Å². The van der Waals surface area contributed by atoms with Crippen LogP contribution in [0.5, 0.6) is 0 Å². The van der Waals surface area contributed by atoms with Crippen molar-refractivity contribution < 1.29 is 5.11 Å². The summed E-state index contributed by atoms with van der Waals surface area (Å²) < 4.78 is 2.94. The quantitative estimate of drug-likeness (QED) is 0.465. The second kappa shape index (κ2) is 1.76. The highest BCUT2D eigenvalue weighted by molar-refractivity contribution is 8.00. The first-order chi connectivity index (χ1) is 3.30. The van der Waals surface area contributed by atoms with Crippen LogP contribution in [0.3, 0.4) is 0 Å². The van der Waals surface area contributed by atoms with Gasteiger partial charge in [-0.15, -0.1) is 0 Å². The van der Waals surface area contributed by atoms with Crippen LogP contribution < -0.4 is 4.72 Å². The minimum Gasteiger partial charge on any atom is -0.510 e. The monoisotopic (exact) mass is 117 g/mol. The van der Waals surface area contributed by atoms with Gasteiger partial charge in [0.25, 0.3) is 0 Å². The summed E-state index contributed by atoms with van der Waals surface area (Å²) in [5.74, 6) is 0.435. The van der Waals surface area contributed by atoms with Crippen LogP contribution in [0.1, 0.15) is 6.92 Å². The van der Waals surface area contributed by atoms with Gasteiger partial charge in [0.05, 0.1) is 6.04 Å². The molecule has 7 heavy (non-hydrogen) atoms. The lowest BCUT2D eigenvalue weighted by molar-refractivity contribution is 0.374. The van der Waals surface area contributed by atoms with Crippen LogP contribution in [0.4, 0.5) is 0 Å². The van der Waals surface area contributed by atoms with Crippen LogP contribution in [0.2, 0.25) is 0 Å². The molecule has 0 aromatic carbocycles. The fraction of sp³-hybridized carbons (Fsp3) is 0.500. The lowest BCUT2D eigenvalue weighted by Crippen LogP contribution is -2.14. The normalized spacial score (nSPS) is 30.4. The molecule has 0 aromatic rings. The van der Waals surface area contributed by atoms with Gasteiger partial charge in [-0.1, -0.05) is 0 Å². The van der Waals surface area contributed by atoms with E-state index in [1.807, 2.05) is 6.92 Å². The Morgan fingerprint density at radius 1 is 2.00 bits per heavy atom. The van der Waals surface area contributed by atoms with Crippen LogP contribution >= 0.6 is 11.9 Å². The first-order valence-electron chi connectivity index (χ1n) is 2.11. The molecule has 40 valence electrons. The molecule has 0 amide bonds. The Hall–Kier alpha value is -0.150. The van der Waals surface area contributed by atoms with Gasteiger partial charge in [0, 0.05) is 5.41 Å². The van der Waals surface area contributed by atoms with Crippen molar-refractivity contribution in [2.45, 2.75) is 13.0 Å². The lowest BCUT2D eigenvalue weighted by atomic mass is 10.3. The van der Waals surface area contributed by atoms with E-state index in [2.05, 4.69) is 4.72 Å². The van der Waals surface area contributed by atoms with E-state index in [4.69, 9.17) is 5.11 Å². The van der Waals surface area contributed by atoms with Crippen molar-refractivity contribution in [1.82, 2.24) is 4.72 Å². The predicted octanol–water partition coefficient (Wildman–Crippen LogP) is 1.03.